The maximum atomic E-state index is 13.1. The predicted molar refractivity (Wildman–Crippen MR) is 45.9 cm³/mol. The highest BCUT2D eigenvalue weighted by Gasteiger charge is 2.22. The lowest BCUT2D eigenvalue weighted by molar-refractivity contribution is -0.140. The first-order chi connectivity index (χ1) is 7.06. The molecule has 0 aliphatic rings. The molecule has 1 aromatic carbocycles. The number of hydrogen-bond donors (Lipinski definition) is 2. The number of hydrogen-bond acceptors (Lipinski definition) is 2. The molecule has 0 heterocycles. The second-order valence-electron chi connectivity index (χ2n) is 2.72. The van der Waals surface area contributed by atoms with Gasteiger partial charge in [-0.3, -0.25) is 4.79 Å². The molecule has 0 fully saturated rings. The molecule has 0 aliphatic carbocycles. The van der Waals surface area contributed by atoms with Gasteiger partial charge in [-0.15, -0.1) is 0 Å². The lowest BCUT2D eigenvalue weighted by Crippen LogP contribution is -2.28. The Bertz CT molecular complexity index is 395. The third kappa shape index (κ3) is 2.49. The van der Waals surface area contributed by atoms with E-state index in [2.05, 4.69) is 0 Å². The molecule has 2 N–H and O–H groups in total. The van der Waals surface area contributed by atoms with E-state index in [9.17, 15) is 18.4 Å². The van der Waals surface area contributed by atoms with Crippen LogP contribution in [0.4, 0.5) is 8.78 Å². The third-order valence-corrected chi connectivity index (χ3v) is 1.76. The third-order valence-electron chi connectivity index (χ3n) is 1.76. The Morgan fingerprint density at radius 1 is 1.47 bits per heavy atom. The van der Waals surface area contributed by atoms with E-state index in [4.69, 9.17) is 5.11 Å². The molecule has 0 saturated heterocycles. The number of nitrogens with one attached hydrogen (secondary N) is 1. The number of carbonyl (C=O) groups excluding carboxylic acids is 1. The zero-order valence-electron chi connectivity index (χ0n) is 7.41. The highest BCUT2D eigenvalue weighted by molar-refractivity contribution is 5.78. The first kappa shape index (κ1) is 11.1. The van der Waals surface area contributed by atoms with Gasteiger partial charge in [0.25, 0.3) is 0 Å². The van der Waals surface area contributed by atoms with Crippen molar-refractivity contribution in [1.82, 2.24) is 5.32 Å². The van der Waals surface area contributed by atoms with Crippen molar-refractivity contribution in [3.8, 4) is 0 Å². The van der Waals surface area contributed by atoms with Gasteiger partial charge in [-0.2, -0.15) is 0 Å². The maximum absolute atomic E-state index is 13.1. The van der Waals surface area contributed by atoms with E-state index >= 15 is 0 Å². The molecule has 0 aromatic heterocycles. The first-order valence-electron chi connectivity index (χ1n) is 3.93. The minimum Gasteiger partial charge on any atom is -0.479 e. The molecule has 1 amide bonds. The van der Waals surface area contributed by atoms with Crippen LogP contribution in [0, 0.1) is 11.6 Å². The van der Waals surface area contributed by atoms with Crippen molar-refractivity contribution in [3.63, 3.8) is 0 Å². The van der Waals surface area contributed by atoms with Gasteiger partial charge >= 0.3 is 5.97 Å². The minimum atomic E-state index is -1.51. The Labute approximate surface area is 83.5 Å². The van der Waals surface area contributed by atoms with Crippen LogP contribution in [-0.2, 0) is 9.59 Å². The second-order valence-corrected chi connectivity index (χ2v) is 2.72. The lowest BCUT2D eigenvalue weighted by atomic mass is 10.1. The van der Waals surface area contributed by atoms with Crippen molar-refractivity contribution in [2.45, 2.75) is 6.04 Å². The van der Waals surface area contributed by atoms with Crippen LogP contribution in [0.1, 0.15) is 11.6 Å². The number of amides is 1. The number of carbonyl (C=O) groups is 2. The Kier molecular flexibility index (Phi) is 3.33. The molecule has 0 spiro atoms. The summed E-state index contributed by atoms with van der Waals surface area (Å²) in [4.78, 5) is 20.7. The van der Waals surface area contributed by atoms with Crippen LogP contribution in [0.25, 0.3) is 0 Å². The number of aliphatic carboxylic acids is 1. The molecule has 1 aromatic rings. The van der Waals surface area contributed by atoms with Crippen molar-refractivity contribution in [2.75, 3.05) is 0 Å². The van der Waals surface area contributed by atoms with Crippen molar-refractivity contribution in [3.05, 3.63) is 35.4 Å². The molecule has 15 heavy (non-hydrogen) atoms. The summed E-state index contributed by atoms with van der Waals surface area (Å²) < 4.78 is 25.6. The topological polar surface area (TPSA) is 66.4 Å². The quantitative estimate of drug-likeness (QED) is 0.731. The van der Waals surface area contributed by atoms with E-state index < -0.39 is 23.6 Å². The molecule has 0 aliphatic heterocycles. The van der Waals surface area contributed by atoms with Gasteiger partial charge in [-0.25, -0.2) is 13.6 Å². The van der Waals surface area contributed by atoms with Gasteiger partial charge in [0.15, 0.2) is 6.04 Å². The molecular formula is C9H7F2NO3. The molecule has 1 atom stereocenters. The Hall–Kier alpha value is -1.98. The minimum absolute atomic E-state index is 0.140. The van der Waals surface area contributed by atoms with Gasteiger partial charge in [-0.05, 0) is 6.07 Å². The van der Waals surface area contributed by atoms with Crippen LogP contribution in [0.5, 0.6) is 0 Å². The summed E-state index contributed by atoms with van der Waals surface area (Å²) in [5.74, 6) is -3.25. The fourth-order valence-corrected chi connectivity index (χ4v) is 1.10. The fraction of sp³-hybridized carbons (Fsp3) is 0.111. The molecule has 1 rings (SSSR count). The predicted octanol–water partition coefficient (Wildman–Crippen LogP) is 0.836. The lowest BCUT2D eigenvalue weighted by Gasteiger charge is -2.11. The number of carboxylic acid groups (broad SMARTS) is 1. The average Bonchev–Trinajstić information content (AvgIpc) is 2.15. The van der Waals surface area contributed by atoms with Crippen LogP contribution in [0.2, 0.25) is 0 Å². The van der Waals surface area contributed by atoms with Crippen molar-refractivity contribution < 1.29 is 23.5 Å². The smallest absolute Gasteiger partial charge is 0.331 e. The van der Waals surface area contributed by atoms with Gasteiger partial charge in [0.2, 0.25) is 6.41 Å². The summed E-state index contributed by atoms with van der Waals surface area (Å²) in [7, 11) is 0. The summed E-state index contributed by atoms with van der Waals surface area (Å²) in [6.45, 7) is 0. The number of carboxylic acids is 1. The zero-order chi connectivity index (χ0) is 11.4. The molecule has 1 unspecified atom stereocenters. The molecule has 6 heteroatoms. The van der Waals surface area contributed by atoms with Crippen molar-refractivity contribution >= 4 is 12.4 Å². The molecule has 0 radical (unpaired) electrons. The van der Waals surface area contributed by atoms with Gasteiger partial charge in [-0.1, -0.05) is 6.07 Å². The second kappa shape index (κ2) is 4.50. The summed E-state index contributed by atoms with van der Waals surface area (Å²) in [5, 5.41) is 10.6. The average molecular weight is 215 g/mol. The van der Waals surface area contributed by atoms with E-state index in [1.165, 1.54) is 0 Å². The van der Waals surface area contributed by atoms with E-state index in [0.29, 0.717) is 6.07 Å². The Morgan fingerprint density at radius 2 is 2.13 bits per heavy atom. The molecule has 0 bridgehead atoms. The van der Waals surface area contributed by atoms with Crippen molar-refractivity contribution in [1.29, 1.82) is 0 Å². The van der Waals surface area contributed by atoms with Crippen LogP contribution in [-0.4, -0.2) is 17.5 Å². The van der Waals surface area contributed by atoms with Gasteiger partial charge in [0.05, 0.1) is 0 Å². The number of rotatable bonds is 4. The molecule has 0 saturated carbocycles. The highest BCUT2D eigenvalue weighted by Crippen LogP contribution is 2.17. The van der Waals surface area contributed by atoms with E-state index in [1.54, 1.807) is 0 Å². The summed E-state index contributed by atoms with van der Waals surface area (Å²) in [5.41, 5.74) is -0.295. The SMILES string of the molecule is O=CNC(C(=O)O)c1ccc(F)cc1F. The molecular weight excluding hydrogens is 208 g/mol. The van der Waals surface area contributed by atoms with E-state index in [0.717, 1.165) is 12.1 Å². The number of benzene rings is 1. The zero-order valence-corrected chi connectivity index (χ0v) is 7.41. The van der Waals surface area contributed by atoms with Crippen LogP contribution in [0.3, 0.4) is 0 Å². The maximum Gasteiger partial charge on any atom is 0.331 e. The van der Waals surface area contributed by atoms with Crippen LogP contribution >= 0.6 is 0 Å². The molecule has 4 nitrogen and oxygen atoms in total. The summed E-state index contributed by atoms with van der Waals surface area (Å²) in [6, 6.07) is 0.932. The van der Waals surface area contributed by atoms with Crippen LogP contribution in [0.15, 0.2) is 18.2 Å². The Balaban J connectivity index is 3.10. The normalized spacial score (nSPS) is 11.9. The van der Waals surface area contributed by atoms with Gasteiger partial charge < -0.3 is 10.4 Å². The van der Waals surface area contributed by atoms with Gasteiger partial charge in [0.1, 0.15) is 11.6 Å². The number of halogens is 2. The van der Waals surface area contributed by atoms with Crippen molar-refractivity contribution in [2.24, 2.45) is 0 Å². The standard InChI is InChI=1S/C9H7F2NO3/c10-5-1-2-6(7(11)3-5)8(9(14)15)12-4-13/h1-4,8H,(H,12,13)(H,14,15). The largest absolute Gasteiger partial charge is 0.479 e. The fourth-order valence-electron chi connectivity index (χ4n) is 1.10. The summed E-state index contributed by atoms with van der Waals surface area (Å²) in [6.07, 6.45) is 0.140. The van der Waals surface area contributed by atoms with Gasteiger partial charge in [0, 0.05) is 11.6 Å². The monoisotopic (exact) mass is 215 g/mol. The highest BCUT2D eigenvalue weighted by atomic mass is 19.1. The van der Waals surface area contributed by atoms with E-state index in [1.807, 2.05) is 5.32 Å². The summed E-state index contributed by atoms with van der Waals surface area (Å²) >= 11 is 0. The molecule has 80 valence electrons. The van der Waals surface area contributed by atoms with Crippen LogP contribution < -0.4 is 5.32 Å². The Morgan fingerprint density at radius 3 is 2.60 bits per heavy atom. The van der Waals surface area contributed by atoms with E-state index in [-0.39, 0.29) is 12.0 Å². The first-order valence-corrected chi connectivity index (χ1v) is 3.93.